The van der Waals surface area contributed by atoms with Crippen molar-refractivity contribution in [2.75, 3.05) is 5.75 Å². The van der Waals surface area contributed by atoms with E-state index in [1.165, 1.54) is 0 Å². The number of aliphatic hydroxyl groups excluding tert-OH is 1. The van der Waals surface area contributed by atoms with Gasteiger partial charge in [0.2, 0.25) is 0 Å². The Bertz CT molecular complexity index is 558. The second-order valence-corrected chi connectivity index (χ2v) is 6.10. The van der Waals surface area contributed by atoms with Crippen LogP contribution in [0.2, 0.25) is 0 Å². The van der Waals surface area contributed by atoms with Gasteiger partial charge in [0.15, 0.2) is 0 Å². The number of hydrogen-bond acceptors (Lipinski definition) is 3. The summed E-state index contributed by atoms with van der Waals surface area (Å²) in [5, 5.41) is 10.5. The maximum absolute atomic E-state index is 10.5. The number of hydrogen-bond donors (Lipinski definition) is 2. The average Bonchev–Trinajstić information content (AvgIpc) is 2.54. The molecular weight excluding hydrogens is 278 g/mol. The van der Waals surface area contributed by atoms with Gasteiger partial charge >= 0.3 is 0 Å². The van der Waals surface area contributed by atoms with Crippen molar-refractivity contribution in [3.63, 3.8) is 0 Å². The lowest BCUT2D eigenvalue weighted by atomic mass is 9.85. The van der Waals surface area contributed by atoms with E-state index >= 15 is 0 Å². The van der Waals surface area contributed by atoms with Crippen LogP contribution in [-0.2, 0) is 5.54 Å². The molecule has 0 aliphatic heterocycles. The van der Waals surface area contributed by atoms with Crippen LogP contribution in [0, 0.1) is 0 Å². The quantitative estimate of drug-likeness (QED) is 0.607. The van der Waals surface area contributed by atoms with E-state index in [2.05, 4.69) is 18.7 Å². The highest BCUT2D eigenvalue weighted by molar-refractivity contribution is 7.99. The highest BCUT2D eigenvalue weighted by Gasteiger charge is 2.34. The van der Waals surface area contributed by atoms with E-state index < -0.39 is 11.6 Å². The molecule has 0 aliphatic carbocycles. The molecule has 0 fully saturated rings. The van der Waals surface area contributed by atoms with Crippen LogP contribution >= 0.6 is 11.8 Å². The summed E-state index contributed by atoms with van der Waals surface area (Å²) in [5.74, 6) is 0.607. The first kappa shape index (κ1) is 15.8. The molecule has 2 atom stereocenters. The molecule has 2 rings (SSSR count). The second-order valence-electron chi connectivity index (χ2n) is 5.05. The predicted octanol–water partition coefficient (Wildman–Crippen LogP) is 3.57. The Kier molecular flexibility index (Phi) is 5.62. The lowest BCUT2D eigenvalue weighted by Crippen LogP contribution is -2.50. The summed E-state index contributed by atoms with van der Waals surface area (Å²) >= 11 is 1.66. The molecule has 0 saturated heterocycles. The number of benzene rings is 2. The van der Waals surface area contributed by atoms with Gasteiger partial charge in [0, 0.05) is 10.6 Å². The normalized spacial score (nSPS) is 15.1. The summed E-state index contributed by atoms with van der Waals surface area (Å²) < 4.78 is 0. The Hall–Kier alpha value is -1.55. The van der Waals surface area contributed by atoms with Crippen LogP contribution in [0.1, 0.15) is 12.0 Å². The fourth-order valence-electron chi connectivity index (χ4n) is 2.21. The molecule has 0 spiro atoms. The first-order valence-electron chi connectivity index (χ1n) is 6.98. The molecule has 0 amide bonds. The summed E-state index contributed by atoms with van der Waals surface area (Å²) in [7, 11) is 0. The molecule has 110 valence electrons. The minimum Gasteiger partial charge on any atom is -0.390 e. The summed E-state index contributed by atoms with van der Waals surface area (Å²) in [6.07, 6.45) is 1.52. The average molecular weight is 299 g/mol. The molecule has 0 bridgehead atoms. The van der Waals surface area contributed by atoms with E-state index in [0.717, 1.165) is 10.5 Å². The predicted molar refractivity (Wildman–Crippen MR) is 90.3 cm³/mol. The summed E-state index contributed by atoms with van der Waals surface area (Å²) in [4.78, 5) is 1.15. The van der Waals surface area contributed by atoms with Crippen LogP contribution in [0.15, 0.2) is 78.2 Å². The van der Waals surface area contributed by atoms with E-state index in [0.29, 0.717) is 12.2 Å². The number of aliphatic hydroxyl groups is 1. The van der Waals surface area contributed by atoms with Crippen LogP contribution in [0.3, 0.4) is 0 Å². The van der Waals surface area contributed by atoms with Gasteiger partial charge < -0.3 is 10.8 Å². The van der Waals surface area contributed by atoms with Crippen molar-refractivity contribution >= 4 is 11.8 Å². The van der Waals surface area contributed by atoms with Crippen molar-refractivity contribution in [1.29, 1.82) is 0 Å². The molecule has 2 aromatic carbocycles. The zero-order chi connectivity index (χ0) is 15.1. The van der Waals surface area contributed by atoms with Crippen LogP contribution < -0.4 is 5.73 Å². The van der Waals surface area contributed by atoms with Crippen LogP contribution in [0.25, 0.3) is 0 Å². The molecule has 2 nitrogen and oxygen atoms in total. The second kappa shape index (κ2) is 7.46. The minimum absolute atomic E-state index is 0.473. The molecule has 0 radical (unpaired) electrons. The van der Waals surface area contributed by atoms with Gasteiger partial charge in [-0.2, -0.15) is 0 Å². The molecule has 0 aromatic heterocycles. The largest absolute Gasteiger partial charge is 0.390 e. The molecule has 0 saturated carbocycles. The molecule has 0 heterocycles. The topological polar surface area (TPSA) is 46.2 Å². The van der Waals surface area contributed by atoms with E-state index in [1.807, 2.05) is 48.5 Å². The van der Waals surface area contributed by atoms with Crippen LogP contribution in [0.5, 0.6) is 0 Å². The number of rotatable bonds is 7. The molecule has 3 N–H and O–H groups in total. The third-order valence-electron chi connectivity index (χ3n) is 3.52. The van der Waals surface area contributed by atoms with Gasteiger partial charge in [-0.25, -0.2) is 0 Å². The highest BCUT2D eigenvalue weighted by atomic mass is 32.2. The maximum Gasteiger partial charge on any atom is 0.0803 e. The van der Waals surface area contributed by atoms with Gasteiger partial charge in [0.25, 0.3) is 0 Å². The van der Waals surface area contributed by atoms with Crippen LogP contribution in [-0.4, -0.2) is 17.0 Å². The molecule has 0 aliphatic rings. The SMILES string of the molecule is C=CC[C@H](O)[C@@](N)(CSc1ccccc1)c1ccccc1. The van der Waals surface area contributed by atoms with Gasteiger partial charge in [-0.1, -0.05) is 54.6 Å². The molecule has 0 unspecified atom stereocenters. The number of thioether (sulfide) groups is 1. The van der Waals surface area contributed by atoms with E-state index in [4.69, 9.17) is 5.73 Å². The molecule has 2 aromatic rings. The van der Waals surface area contributed by atoms with Gasteiger partial charge in [0.1, 0.15) is 0 Å². The zero-order valence-electron chi connectivity index (χ0n) is 12.0. The standard InChI is InChI=1S/C18H21NOS/c1-2-9-17(20)18(19,15-10-5-3-6-11-15)14-21-16-12-7-4-8-13-16/h2-8,10-13,17,20H,1,9,14,19H2/t17-,18+/m0/s1. The summed E-state index contributed by atoms with van der Waals surface area (Å²) in [5.41, 5.74) is 6.73. The van der Waals surface area contributed by atoms with Crippen molar-refractivity contribution in [3.05, 3.63) is 78.9 Å². The van der Waals surface area contributed by atoms with E-state index in [-0.39, 0.29) is 0 Å². The maximum atomic E-state index is 10.5. The van der Waals surface area contributed by atoms with Crippen molar-refractivity contribution < 1.29 is 5.11 Å². The third kappa shape index (κ3) is 3.97. The lowest BCUT2D eigenvalue weighted by molar-refractivity contribution is 0.0984. The molecule has 21 heavy (non-hydrogen) atoms. The third-order valence-corrected chi connectivity index (χ3v) is 4.74. The first-order valence-corrected chi connectivity index (χ1v) is 7.96. The van der Waals surface area contributed by atoms with Crippen molar-refractivity contribution in [1.82, 2.24) is 0 Å². The summed E-state index contributed by atoms with van der Waals surface area (Å²) in [6.45, 7) is 3.70. The van der Waals surface area contributed by atoms with E-state index in [9.17, 15) is 5.11 Å². The van der Waals surface area contributed by atoms with Crippen LogP contribution in [0.4, 0.5) is 0 Å². The van der Waals surface area contributed by atoms with Crippen molar-refractivity contribution in [2.45, 2.75) is 23.0 Å². The smallest absolute Gasteiger partial charge is 0.0803 e. The Morgan fingerprint density at radius 1 is 1.10 bits per heavy atom. The number of nitrogens with two attached hydrogens (primary N) is 1. The zero-order valence-corrected chi connectivity index (χ0v) is 12.8. The highest BCUT2D eigenvalue weighted by Crippen LogP contribution is 2.31. The Labute approximate surface area is 130 Å². The Morgan fingerprint density at radius 2 is 1.67 bits per heavy atom. The Balaban J connectivity index is 2.22. The minimum atomic E-state index is -0.796. The fraction of sp³-hybridized carbons (Fsp3) is 0.222. The first-order chi connectivity index (χ1) is 10.2. The fourth-order valence-corrected chi connectivity index (χ4v) is 3.32. The van der Waals surface area contributed by atoms with E-state index in [1.54, 1.807) is 17.8 Å². The van der Waals surface area contributed by atoms with Gasteiger partial charge in [-0.15, -0.1) is 18.3 Å². The lowest BCUT2D eigenvalue weighted by Gasteiger charge is -2.34. The Morgan fingerprint density at radius 3 is 2.24 bits per heavy atom. The van der Waals surface area contributed by atoms with Gasteiger partial charge in [-0.05, 0) is 24.1 Å². The van der Waals surface area contributed by atoms with Crippen molar-refractivity contribution in [3.8, 4) is 0 Å². The van der Waals surface area contributed by atoms with Gasteiger partial charge in [-0.3, -0.25) is 0 Å². The van der Waals surface area contributed by atoms with Gasteiger partial charge in [0.05, 0.1) is 11.6 Å². The monoisotopic (exact) mass is 299 g/mol. The molecular formula is C18H21NOS. The molecule has 3 heteroatoms. The van der Waals surface area contributed by atoms with Crippen molar-refractivity contribution in [2.24, 2.45) is 5.73 Å². The summed E-state index contributed by atoms with van der Waals surface area (Å²) in [6, 6.07) is 19.9.